The van der Waals surface area contributed by atoms with Crippen molar-refractivity contribution in [3.63, 3.8) is 0 Å². The smallest absolute Gasteiger partial charge is 0.226 e. The van der Waals surface area contributed by atoms with E-state index >= 15 is 0 Å². The maximum atomic E-state index is 12.2. The zero-order valence-electron chi connectivity index (χ0n) is 14.0. The summed E-state index contributed by atoms with van der Waals surface area (Å²) in [6.07, 6.45) is 0.327. The lowest BCUT2D eigenvalue weighted by atomic mass is 9.91. The van der Waals surface area contributed by atoms with Gasteiger partial charge in [0.2, 0.25) is 5.91 Å². The van der Waals surface area contributed by atoms with Gasteiger partial charge in [0.1, 0.15) is 5.82 Å². The van der Waals surface area contributed by atoms with Crippen molar-refractivity contribution in [2.75, 3.05) is 17.7 Å². The highest BCUT2D eigenvalue weighted by Gasteiger charge is 2.31. The van der Waals surface area contributed by atoms with Crippen molar-refractivity contribution in [3.05, 3.63) is 59.0 Å². The van der Waals surface area contributed by atoms with Crippen LogP contribution in [0.25, 0.3) is 0 Å². The molecule has 1 atom stereocenters. The van der Waals surface area contributed by atoms with Crippen molar-refractivity contribution in [1.29, 1.82) is 0 Å². The first-order valence-electron chi connectivity index (χ1n) is 8.13. The molecule has 0 saturated carbocycles. The van der Waals surface area contributed by atoms with Crippen LogP contribution in [-0.2, 0) is 4.79 Å². The van der Waals surface area contributed by atoms with Gasteiger partial charge in [0.25, 0.3) is 0 Å². The number of carbonyl (C=O) groups is 1. The zero-order valence-corrected chi connectivity index (χ0v) is 14.8. The predicted octanol–water partition coefficient (Wildman–Crippen LogP) is 4.08. The number of nitrogens with one attached hydrogen (secondary N) is 2. The van der Waals surface area contributed by atoms with E-state index in [4.69, 9.17) is 4.74 Å². The van der Waals surface area contributed by atoms with Crippen molar-refractivity contribution in [3.8, 4) is 11.5 Å². The first-order chi connectivity index (χ1) is 12.6. The molecule has 0 radical (unpaired) electrons. The number of hydrogen-bond acceptors (Lipinski definition) is 6. The van der Waals surface area contributed by atoms with E-state index in [1.807, 2.05) is 36.4 Å². The molecule has 0 saturated heterocycles. The number of hydrogen-bond donors (Lipinski definition) is 3. The van der Waals surface area contributed by atoms with Crippen LogP contribution >= 0.6 is 11.3 Å². The molecule has 7 heteroatoms. The molecule has 1 amide bonds. The Morgan fingerprint density at radius 2 is 2.08 bits per heavy atom. The highest BCUT2D eigenvalue weighted by Crippen LogP contribution is 2.44. The average molecular weight is 367 g/mol. The van der Waals surface area contributed by atoms with Crippen LogP contribution in [0, 0.1) is 0 Å². The van der Waals surface area contributed by atoms with Crippen molar-refractivity contribution in [2.45, 2.75) is 12.3 Å². The Kier molecular flexibility index (Phi) is 4.22. The highest BCUT2D eigenvalue weighted by atomic mass is 32.1. The van der Waals surface area contributed by atoms with E-state index in [0.29, 0.717) is 18.0 Å². The third-order valence-corrected chi connectivity index (χ3v) is 5.33. The number of anilines is 3. The number of para-hydroxylation sites is 1. The van der Waals surface area contributed by atoms with Gasteiger partial charge in [0.15, 0.2) is 16.6 Å². The summed E-state index contributed by atoms with van der Waals surface area (Å²) in [4.78, 5) is 17.7. The van der Waals surface area contributed by atoms with Crippen molar-refractivity contribution in [1.82, 2.24) is 4.98 Å². The number of benzene rings is 2. The first kappa shape index (κ1) is 16.4. The van der Waals surface area contributed by atoms with Crippen molar-refractivity contribution in [2.24, 2.45) is 0 Å². The molecule has 0 bridgehead atoms. The fraction of sp³-hybridized carbons (Fsp3) is 0.158. The van der Waals surface area contributed by atoms with Crippen LogP contribution in [0.4, 0.5) is 16.6 Å². The molecule has 0 fully saturated rings. The number of fused-ring (bicyclic) bond motifs is 1. The summed E-state index contributed by atoms with van der Waals surface area (Å²) in [5, 5.41) is 16.7. The molecule has 0 spiro atoms. The minimum atomic E-state index is -0.128. The minimum Gasteiger partial charge on any atom is -0.504 e. The van der Waals surface area contributed by atoms with E-state index in [1.165, 1.54) is 18.4 Å². The summed E-state index contributed by atoms with van der Waals surface area (Å²) in [7, 11) is 1.51. The monoisotopic (exact) mass is 367 g/mol. The molecule has 26 heavy (non-hydrogen) atoms. The van der Waals surface area contributed by atoms with E-state index < -0.39 is 0 Å². The van der Waals surface area contributed by atoms with E-state index in [1.54, 1.807) is 12.1 Å². The second-order valence-electron chi connectivity index (χ2n) is 5.96. The number of nitrogens with zero attached hydrogens (tertiary/aromatic N) is 1. The van der Waals surface area contributed by atoms with E-state index in [2.05, 4.69) is 15.6 Å². The highest BCUT2D eigenvalue weighted by molar-refractivity contribution is 7.16. The van der Waals surface area contributed by atoms with Gasteiger partial charge >= 0.3 is 0 Å². The number of carbonyl (C=O) groups excluding carboxylic acids is 1. The summed E-state index contributed by atoms with van der Waals surface area (Å²) in [5.41, 5.74) is 1.85. The van der Waals surface area contributed by atoms with Gasteiger partial charge in [-0.3, -0.25) is 4.79 Å². The number of methoxy groups -OCH3 is 1. The lowest BCUT2D eigenvalue weighted by molar-refractivity contribution is -0.116. The van der Waals surface area contributed by atoms with Crippen molar-refractivity contribution >= 4 is 33.9 Å². The molecule has 2 aromatic carbocycles. The number of amides is 1. The molecule has 3 aromatic rings. The standard InChI is InChI=1S/C19H17N3O3S/c1-25-15-9-11(7-8-14(15)23)13-10-16(24)21-18-17(13)26-19(22-18)20-12-5-3-2-4-6-12/h2-9,13,23H,10H2,1H3,(H,20,22)(H,21,24)/t13-/m0/s1. The number of phenols is 1. The Morgan fingerprint density at radius 1 is 1.27 bits per heavy atom. The Bertz CT molecular complexity index is 956. The Labute approximate surface area is 154 Å². The van der Waals surface area contributed by atoms with Crippen LogP contribution in [0.15, 0.2) is 48.5 Å². The Morgan fingerprint density at radius 3 is 2.85 bits per heavy atom. The van der Waals surface area contributed by atoms with Crippen molar-refractivity contribution < 1.29 is 14.6 Å². The molecular formula is C19H17N3O3S. The number of thiazole rings is 1. The van der Waals surface area contributed by atoms with E-state index in [0.717, 1.165) is 21.3 Å². The van der Waals surface area contributed by atoms with Gasteiger partial charge in [0, 0.05) is 18.0 Å². The van der Waals surface area contributed by atoms with Gasteiger partial charge in [-0.2, -0.15) is 0 Å². The van der Waals surface area contributed by atoms with E-state index in [-0.39, 0.29) is 17.6 Å². The predicted molar refractivity (Wildman–Crippen MR) is 102 cm³/mol. The minimum absolute atomic E-state index is 0.0764. The lowest BCUT2D eigenvalue weighted by Gasteiger charge is -2.22. The Hall–Kier alpha value is -3.06. The maximum Gasteiger partial charge on any atom is 0.226 e. The van der Waals surface area contributed by atoms with Crippen LogP contribution < -0.4 is 15.4 Å². The van der Waals surface area contributed by atoms with Gasteiger partial charge in [-0.25, -0.2) is 4.98 Å². The number of aromatic hydroxyl groups is 1. The molecule has 0 unspecified atom stereocenters. The summed E-state index contributed by atoms with van der Waals surface area (Å²) in [6, 6.07) is 14.9. The molecule has 1 aliphatic heterocycles. The fourth-order valence-electron chi connectivity index (χ4n) is 3.00. The number of phenolic OH excluding ortho intramolecular Hbond substituents is 1. The largest absolute Gasteiger partial charge is 0.504 e. The summed E-state index contributed by atoms with van der Waals surface area (Å²) in [5.74, 6) is 0.847. The number of ether oxygens (including phenoxy) is 1. The molecular weight excluding hydrogens is 350 g/mol. The summed E-state index contributed by atoms with van der Waals surface area (Å²) >= 11 is 1.51. The molecule has 0 aliphatic carbocycles. The van der Waals surface area contributed by atoms with Crippen LogP contribution in [0.5, 0.6) is 11.5 Å². The normalized spacial score (nSPS) is 15.9. The quantitative estimate of drug-likeness (QED) is 0.647. The fourth-order valence-corrected chi connectivity index (χ4v) is 4.07. The van der Waals surface area contributed by atoms with Gasteiger partial charge in [-0.05, 0) is 29.8 Å². The van der Waals surface area contributed by atoms with Crippen LogP contribution in [0.1, 0.15) is 22.8 Å². The van der Waals surface area contributed by atoms with Crippen LogP contribution in [0.3, 0.4) is 0 Å². The summed E-state index contributed by atoms with van der Waals surface area (Å²) in [6.45, 7) is 0. The zero-order chi connectivity index (χ0) is 18.1. The Balaban J connectivity index is 1.70. The second kappa shape index (κ2) is 6.68. The first-order valence-corrected chi connectivity index (χ1v) is 8.95. The average Bonchev–Trinajstić information content (AvgIpc) is 3.04. The number of aromatic nitrogens is 1. The molecule has 3 N–H and O–H groups in total. The van der Waals surface area contributed by atoms with Crippen LogP contribution in [0.2, 0.25) is 0 Å². The van der Waals surface area contributed by atoms with Crippen LogP contribution in [-0.4, -0.2) is 23.1 Å². The molecule has 2 heterocycles. The maximum absolute atomic E-state index is 12.2. The molecule has 6 nitrogen and oxygen atoms in total. The van der Waals surface area contributed by atoms with E-state index in [9.17, 15) is 9.90 Å². The lowest BCUT2D eigenvalue weighted by Crippen LogP contribution is -2.22. The third kappa shape index (κ3) is 3.09. The number of rotatable bonds is 4. The third-order valence-electron chi connectivity index (χ3n) is 4.25. The van der Waals surface area contributed by atoms with Gasteiger partial charge in [-0.15, -0.1) is 0 Å². The molecule has 1 aliphatic rings. The molecule has 1 aromatic heterocycles. The topological polar surface area (TPSA) is 83.5 Å². The molecule has 4 rings (SSSR count). The SMILES string of the molecule is COc1cc([C@@H]2CC(=O)Nc3nc(Nc4ccccc4)sc32)ccc1O. The van der Waals surface area contributed by atoms with Gasteiger partial charge < -0.3 is 20.5 Å². The van der Waals surface area contributed by atoms with Gasteiger partial charge in [0.05, 0.1) is 12.0 Å². The molecule has 132 valence electrons. The second-order valence-corrected chi connectivity index (χ2v) is 6.99. The summed E-state index contributed by atoms with van der Waals surface area (Å²) < 4.78 is 5.20. The van der Waals surface area contributed by atoms with Gasteiger partial charge in [-0.1, -0.05) is 35.6 Å².